The van der Waals surface area contributed by atoms with Gasteiger partial charge in [-0.25, -0.2) is 9.97 Å². The zero-order valence-corrected chi connectivity index (χ0v) is 18.5. The molecule has 2 heterocycles. The number of thiophene rings is 1. The van der Waals surface area contributed by atoms with E-state index in [1.165, 1.54) is 16.2 Å². The first-order valence-electron chi connectivity index (χ1n) is 9.61. The second-order valence-electron chi connectivity index (χ2n) is 7.27. The van der Waals surface area contributed by atoms with Crippen LogP contribution in [0.1, 0.15) is 44.8 Å². The van der Waals surface area contributed by atoms with Gasteiger partial charge in [0.25, 0.3) is 5.91 Å². The molecule has 0 aliphatic heterocycles. The predicted molar refractivity (Wildman–Crippen MR) is 118 cm³/mol. The molecule has 29 heavy (non-hydrogen) atoms. The monoisotopic (exact) mass is 410 g/mol. The van der Waals surface area contributed by atoms with Crippen LogP contribution < -0.4 is 5.32 Å². The first-order valence-corrected chi connectivity index (χ1v) is 10.4. The molecule has 2 amide bonds. The number of hydrogen-bond acceptors (Lipinski definition) is 5. The minimum atomic E-state index is -0.224. The van der Waals surface area contributed by atoms with Crippen LogP contribution in [-0.2, 0) is 11.2 Å². The van der Waals surface area contributed by atoms with Crippen molar-refractivity contribution in [2.45, 2.75) is 41.0 Å². The molecule has 0 saturated carbocycles. The third-order valence-electron chi connectivity index (χ3n) is 5.13. The number of rotatable bonds is 5. The zero-order valence-electron chi connectivity index (χ0n) is 17.7. The lowest BCUT2D eigenvalue weighted by Crippen LogP contribution is -2.35. The summed E-state index contributed by atoms with van der Waals surface area (Å²) in [5, 5.41) is 3.84. The van der Waals surface area contributed by atoms with E-state index in [0.29, 0.717) is 4.88 Å². The molecule has 7 heteroatoms. The summed E-state index contributed by atoms with van der Waals surface area (Å²) in [5.74, 6) is 0.369. The van der Waals surface area contributed by atoms with Crippen molar-refractivity contribution in [1.82, 2.24) is 14.9 Å². The molecule has 0 radical (unpaired) electrons. The quantitative estimate of drug-likeness (QED) is 0.684. The van der Waals surface area contributed by atoms with Crippen molar-refractivity contribution in [3.8, 4) is 0 Å². The van der Waals surface area contributed by atoms with Gasteiger partial charge in [0.2, 0.25) is 5.91 Å². The Morgan fingerprint density at radius 3 is 2.52 bits per heavy atom. The highest BCUT2D eigenvalue weighted by Crippen LogP contribution is 2.32. The van der Waals surface area contributed by atoms with E-state index >= 15 is 0 Å². The molecular formula is C22H26N4O2S. The number of carbonyl (C=O) groups excluding carboxylic acids is 2. The van der Waals surface area contributed by atoms with E-state index in [-0.39, 0.29) is 18.4 Å². The average molecular weight is 411 g/mol. The molecule has 0 fully saturated rings. The number of nitrogens with one attached hydrogen (secondary N) is 1. The van der Waals surface area contributed by atoms with Gasteiger partial charge >= 0.3 is 0 Å². The Balaban J connectivity index is 1.79. The van der Waals surface area contributed by atoms with E-state index in [1.807, 2.05) is 52.8 Å². The van der Waals surface area contributed by atoms with Gasteiger partial charge in [-0.05, 0) is 50.5 Å². The summed E-state index contributed by atoms with van der Waals surface area (Å²) in [5.41, 5.74) is 4.66. The van der Waals surface area contributed by atoms with Gasteiger partial charge in [-0.2, -0.15) is 0 Å². The summed E-state index contributed by atoms with van der Waals surface area (Å²) < 4.78 is 0. The summed E-state index contributed by atoms with van der Waals surface area (Å²) in [6.07, 6.45) is 0.745. The van der Waals surface area contributed by atoms with Gasteiger partial charge in [0.1, 0.15) is 10.7 Å². The van der Waals surface area contributed by atoms with Gasteiger partial charge in [-0.1, -0.05) is 19.1 Å². The lowest BCUT2D eigenvalue weighted by atomic mass is 10.1. The molecule has 0 aliphatic rings. The largest absolute Gasteiger partial charge is 0.332 e. The topological polar surface area (TPSA) is 75.2 Å². The van der Waals surface area contributed by atoms with Gasteiger partial charge in [0, 0.05) is 30.2 Å². The molecule has 3 rings (SSSR count). The number of amides is 2. The van der Waals surface area contributed by atoms with Crippen LogP contribution in [0.15, 0.2) is 18.2 Å². The maximum Gasteiger partial charge on any atom is 0.264 e. The molecule has 1 N–H and O–H groups in total. The SMILES string of the molecule is CCc1nc(C)c2c(C)c(C(=O)N(C)CC(=O)Nc3cccc(C)c3C)sc2n1. The molecule has 6 nitrogen and oxygen atoms in total. The second-order valence-corrected chi connectivity index (χ2v) is 8.27. The van der Waals surface area contributed by atoms with Gasteiger partial charge < -0.3 is 10.2 Å². The van der Waals surface area contributed by atoms with Crippen molar-refractivity contribution in [2.75, 3.05) is 18.9 Å². The van der Waals surface area contributed by atoms with E-state index in [2.05, 4.69) is 15.3 Å². The molecule has 152 valence electrons. The summed E-state index contributed by atoms with van der Waals surface area (Å²) in [7, 11) is 1.64. The summed E-state index contributed by atoms with van der Waals surface area (Å²) in [6.45, 7) is 9.81. The van der Waals surface area contributed by atoms with Crippen LogP contribution in [0, 0.1) is 27.7 Å². The summed E-state index contributed by atoms with van der Waals surface area (Å²) >= 11 is 1.37. The molecule has 0 unspecified atom stereocenters. The van der Waals surface area contributed by atoms with Crippen LogP contribution in [0.5, 0.6) is 0 Å². The fourth-order valence-corrected chi connectivity index (χ4v) is 4.54. The number of fused-ring (bicyclic) bond motifs is 1. The van der Waals surface area contributed by atoms with Gasteiger partial charge in [0.05, 0.1) is 11.4 Å². The maximum atomic E-state index is 13.0. The molecule has 0 atom stereocenters. The van der Waals surface area contributed by atoms with Crippen LogP contribution in [0.25, 0.3) is 10.2 Å². The minimum absolute atomic E-state index is 0.0230. The van der Waals surface area contributed by atoms with E-state index < -0.39 is 0 Å². The summed E-state index contributed by atoms with van der Waals surface area (Å²) in [4.78, 5) is 37.5. The van der Waals surface area contributed by atoms with Crippen molar-refractivity contribution in [2.24, 2.45) is 0 Å². The normalized spacial score (nSPS) is 11.0. The molecule has 3 aromatic rings. The smallest absolute Gasteiger partial charge is 0.264 e. The molecule has 0 saturated heterocycles. The van der Waals surface area contributed by atoms with Crippen molar-refractivity contribution < 1.29 is 9.59 Å². The minimum Gasteiger partial charge on any atom is -0.332 e. The van der Waals surface area contributed by atoms with E-state index in [4.69, 9.17) is 0 Å². The van der Waals surface area contributed by atoms with E-state index in [1.54, 1.807) is 7.05 Å². The Morgan fingerprint density at radius 1 is 1.10 bits per heavy atom. The lowest BCUT2D eigenvalue weighted by Gasteiger charge is -2.17. The molecule has 0 spiro atoms. The fourth-order valence-electron chi connectivity index (χ4n) is 3.29. The molecule has 1 aromatic carbocycles. The van der Waals surface area contributed by atoms with Crippen LogP contribution in [0.3, 0.4) is 0 Å². The third kappa shape index (κ3) is 4.15. The first kappa shape index (κ1) is 20.9. The highest BCUT2D eigenvalue weighted by Gasteiger charge is 2.23. The van der Waals surface area contributed by atoms with E-state index in [0.717, 1.165) is 50.5 Å². The first-order chi connectivity index (χ1) is 13.7. The number of benzene rings is 1. The number of aromatic nitrogens is 2. The van der Waals surface area contributed by atoms with Crippen LogP contribution in [0.2, 0.25) is 0 Å². The zero-order chi connectivity index (χ0) is 21.3. The average Bonchev–Trinajstić information content (AvgIpc) is 3.01. The fraction of sp³-hybridized carbons (Fsp3) is 0.364. The Bertz CT molecular complexity index is 1100. The van der Waals surface area contributed by atoms with E-state index in [9.17, 15) is 9.59 Å². The number of carbonyl (C=O) groups is 2. The van der Waals surface area contributed by atoms with Crippen molar-refractivity contribution >= 4 is 39.1 Å². The Hall–Kier alpha value is -2.80. The van der Waals surface area contributed by atoms with Crippen molar-refractivity contribution in [3.63, 3.8) is 0 Å². The number of likely N-dealkylation sites (N-methyl/N-ethyl adjacent to an activating group) is 1. The summed E-state index contributed by atoms with van der Waals surface area (Å²) in [6, 6.07) is 5.77. The molecule has 0 aliphatic carbocycles. The Kier molecular flexibility index (Phi) is 5.98. The van der Waals surface area contributed by atoms with Crippen LogP contribution in [0.4, 0.5) is 5.69 Å². The number of anilines is 1. The number of hydrogen-bond donors (Lipinski definition) is 1. The Morgan fingerprint density at radius 2 is 1.83 bits per heavy atom. The molecular weight excluding hydrogens is 384 g/mol. The lowest BCUT2D eigenvalue weighted by molar-refractivity contribution is -0.116. The third-order valence-corrected chi connectivity index (χ3v) is 6.31. The molecule has 2 aromatic heterocycles. The maximum absolute atomic E-state index is 13.0. The van der Waals surface area contributed by atoms with Gasteiger partial charge in [0.15, 0.2) is 0 Å². The predicted octanol–water partition coefficient (Wildman–Crippen LogP) is 4.20. The standard InChI is InChI=1S/C22H26N4O2S/c1-7-17-23-15(5)19-14(4)20(29-21(19)25-17)22(28)26(6)11-18(27)24-16-10-8-9-12(2)13(16)3/h8-10H,7,11H2,1-6H3,(H,24,27). The van der Waals surface area contributed by atoms with Crippen LogP contribution in [-0.4, -0.2) is 40.3 Å². The number of aryl methyl sites for hydroxylation is 4. The van der Waals surface area contributed by atoms with Crippen molar-refractivity contribution in [1.29, 1.82) is 0 Å². The number of nitrogens with zero attached hydrogens (tertiary/aromatic N) is 3. The Labute approximate surface area is 175 Å². The highest BCUT2D eigenvalue weighted by atomic mass is 32.1. The van der Waals surface area contributed by atoms with Crippen LogP contribution >= 0.6 is 11.3 Å². The second kappa shape index (κ2) is 8.29. The highest BCUT2D eigenvalue weighted by molar-refractivity contribution is 7.20. The van der Waals surface area contributed by atoms with Crippen molar-refractivity contribution in [3.05, 3.63) is 51.3 Å². The van der Waals surface area contributed by atoms with Gasteiger partial charge in [-0.15, -0.1) is 11.3 Å². The van der Waals surface area contributed by atoms with Gasteiger partial charge in [-0.3, -0.25) is 9.59 Å². The molecule has 0 bridgehead atoms.